The number of nitrogens with zero attached hydrogens (tertiary/aromatic N) is 1. The average molecular weight is 418 g/mol. The van der Waals surface area contributed by atoms with Crippen molar-refractivity contribution in [2.24, 2.45) is 0 Å². The highest BCUT2D eigenvalue weighted by Crippen LogP contribution is 2.36. The fourth-order valence-electron chi connectivity index (χ4n) is 2.30. The highest BCUT2D eigenvalue weighted by Gasteiger charge is 2.25. The number of carbonyl (C=O) groups is 1. The van der Waals surface area contributed by atoms with Gasteiger partial charge >= 0.3 is 0 Å². The molecule has 11 heteroatoms. The number of hydrogen-bond donors (Lipinski definition) is 1. The van der Waals surface area contributed by atoms with Crippen molar-refractivity contribution in [2.45, 2.75) is 0 Å². The third-order valence-electron chi connectivity index (χ3n) is 3.87. The van der Waals surface area contributed by atoms with Crippen molar-refractivity contribution >= 4 is 27.3 Å². The number of rotatable bonds is 6. The second-order valence-electron chi connectivity index (χ2n) is 5.63. The van der Waals surface area contributed by atoms with Crippen LogP contribution in [-0.4, -0.2) is 41.8 Å². The average Bonchev–Trinajstić information content (AvgIpc) is 2.65. The zero-order valence-electron chi connectivity index (χ0n) is 15.3. The van der Waals surface area contributed by atoms with Crippen LogP contribution in [0.3, 0.4) is 0 Å². The number of anilines is 2. The van der Waals surface area contributed by atoms with Crippen LogP contribution in [0.2, 0.25) is 0 Å². The zero-order chi connectivity index (χ0) is 21.2. The van der Waals surface area contributed by atoms with E-state index in [9.17, 15) is 26.4 Å². The predicted octanol–water partition coefficient (Wildman–Crippen LogP) is 2.77. The molecular formula is C17H17F3N2O5S. The minimum absolute atomic E-state index is 0.0966. The molecule has 0 bridgehead atoms. The summed E-state index contributed by atoms with van der Waals surface area (Å²) in [6, 6.07) is 3.91. The van der Waals surface area contributed by atoms with E-state index in [-0.39, 0.29) is 22.7 Å². The molecule has 0 saturated carbocycles. The summed E-state index contributed by atoms with van der Waals surface area (Å²) in [6.45, 7) is 0. The van der Waals surface area contributed by atoms with Crippen LogP contribution < -0.4 is 19.1 Å². The SMILES string of the molecule is COc1cc(C(=O)Nc2ccc(F)c(F)c2F)c(N(C)S(C)(=O)=O)cc1OC. The number of methoxy groups -OCH3 is 2. The lowest BCUT2D eigenvalue weighted by atomic mass is 10.1. The normalized spacial score (nSPS) is 11.1. The Balaban J connectivity index is 2.59. The van der Waals surface area contributed by atoms with Gasteiger partial charge in [-0.05, 0) is 18.2 Å². The number of hydrogen-bond acceptors (Lipinski definition) is 5. The lowest BCUT2D eigenvalue weighted by Gasteiger charge is -2.22. The lowest BCUT2D eigenvalue weighted by Crippen LogP contribution is -2.28. The minimum Gasteiger partial charge on any atom is -0.493 e. The van der Waals surface area contributed by atoms with Gasteiger partial charge in [0.25, 0.3) is 5.91 Å². The molecule has 0 aliphatic heterocycles. The number of benzene rings is 2. The van der Waals surface area contributed by atoms with E-state index in [1.54, 1.807) is 0 Å². The molecule has 0 saturated heterocycles. The van der Waals surface area contributed by atoms with E-state index >= 15 is 0 Å². The first-order chi connectivity index (χ1) is 13.0. The van der Waals surface area contributed by atoms with Gasteiger partial charge in [-0.3, -0.25) is 9.10 Å². The van der Waals surface area contributed by atoms with Crippen molar-refractivity contribution in [3.05, 3.63) is 47.3 Å². The summed E-state index contributed by atoms with van der Waals surface area (Å²) in [6.07, 6.45) is 0.917. The van der Waals surface area contributed by atoms with E-state index in [2.05, 4.69) is 5.32 Å². The summed E-state index contributed by atoms with van der Waals surface area (Å²) in [7, 11) is 0.0415. The largest absolute Gasteiger partial charge is 0.493 e. The van der Waals surface area contributed by atoms with Gasteiger partial charge in [0.15, 0.2) is 29.0 Å². The zero-order valence-corrected chi connectivity index (χ0v) is 16.2. The number of carbonyl (C=O) groups excluding carboxylic acids is 1. The molecular weight excluding hydrogens is 401 g/mol. The molecule has 0 unspecified atom stereocenters. The Morgan fingerprint density at radius 2 is 1.61 bits per heavy atom. The van der Waals surface area contributed by atoms with Gasteiger partial charge in [-0.2, -0.15) is 0 Å². The standard InChI is InChI=1S/C17H17F3N2O5S/c1-22(28(4,24)25)12-8-14(27-3)13(26-2)7-9(12)17(23)21-11-6-5-10(18)15(19)16(11)20/h5-8H,1-4H3,(H,21,23). The van der Waals surface area contributed by atoms with E-state index in [1.165, 1.54) is 33.4 Å². The summed E-state index contributed by atoms with van der Waals surface area (Å²) in [4.78, 5) is 12.7. The Bertz CT molecular complexity index is 1030. The molecule has 0 radical (unpaired) electrons. The Morgan fingerprint density at radius 1 is 1.04 bits per heavy atom. The summed E-state index contributed by atoms with van der Waals surface area (Å²) < 4.78 is 75.2. The number of halogens is 3. The third kappa shape index (κ3) is 4.14. The predicted molar refractivity (Wildman–Crippen MR) is 97.1 cm³/mol. The molecule has 0 aliphatic carbocycles. The highest BCUT2D eigenvalue weighted by atomic mass is 32.2. The van der Waals surface area contributed by atoms with E-state index in [1.807, 2.05) is 0 Å². The quantitative estimate of drug-likeness (QED) is 0.730. The van der Waals surface area contributed by atoms with Gasteiger partial charge in [0, 0.05) is 13.1 Å². The van der Waals surface area contributed by atoms with Gasteiger partial charge in [-0.1, -0.05) is 0 Å². The van der Waals surface area contributed by atoms with Crippen molar-refractivity contribution in [1.29, 1.82) is 0 Å². The van der Waals surface area contributed by atoms with Gasteiger partial charge in [0.1, 0.15) is 0 Å². The Labute approximate surface area is 159 Å². The number of amides is 1. The van der Waals surface area contributed by atoms with Gasteiger partial charge in [-0.15, -0.1) is 0 Å². The Morgan fingerprint density at radius 3 is 2.14 bits per heavy atom. The maximum absolute atomic E-state index is 13.9. The molecule has 0 spiro atoms. The molecule has 0 atom stereocenters. The first-order valence-corrected chi connectivity index (χ1v) is 9.50. The number of ether oxygens (including phenoxy) is 2. The lowest BCUT2D eigenvalue weighted by molar-refractivity contribution is 0.102. The van der Waals surface area contributed by atoms with Crippen molar-refractivity contribution in [1.82, 2.24) is 0 Å². The second kappa shape index (κ2) is 7.97. The van der Waals surface area contributed by atoms with E-state index in [0.717, 1.165) is 16.6 Å². The van der Waals surface area contributed by atoms with Gasteiger partial charge in [0.05, 0.1) is 37.4 Å². The Hall–Kier alpha value is -2.95. The smallest absolute Gasteiger partial charge is 0.258 e. The first kappa shape index (κ1) is 21.4. The van der Waals surface area contributed by atoms with Crippen molar-refractivity contribution in [2.75, 3.05) is 37.1 Å². The molecule has 2 rings (SSSR count). The molecule has 0 aliphatic rings. The van der Waals surface area contributed by atoms with Gasteiger partial charge in [-0.25, -0.2) is 21.6 Å². The monoisotopic (exact) mass is 418 g/mol. The van der Waals surface area contributed by atoms with Crippen molar-refractivity contribution in [3.8, 4) is 11.5 Å². The molecule has 152 valence electrons. The fourth-order valence-corrected chi connectivity index (χ4v) is 2.81. The van der Waals surface area contributed by atoms with Crippen molar-refractivity contribution < 1.29 is 35.9 Å². The van der Waals surface area contributed by atoms with Crippen LogP contribution in [0.4, 0.5) is 24.5 Å². The van der Waals surface area contributed by atoms with Crippen LogP contribution in [0.1, 0.15) is 10.4 Å². The first-order valence-electron chi connectivity index (χ1n) is 7.66. The van der Waals surface area contributed by atoms with Crippen LogP contribution >= 0.6 is 0 Å². The minimum atomic E-state index is -3.78. The van der Waals surface area contributed by atoms with Crippen LogP contribution in [0, 0.1) is 17.5 Å². The van der Waals surface area contributed by atoms with Crippen molar-refractivity contribution in [3.63, 3.8) is 0 Å². The van der Waals surface area contributed by atoms with Crippen LogP contribution in [-0.2, 0) is 10.0 Å². The molecule has 2 aromatic carbocycles. The van der Waals surface area contributed by atoms with Gasteiger partial charge < -0.3 is 14.8 Å². The molecule has 1 N–H and O–H groups in total. The molecule has 0 aromatic heterocycles. The summed E-state index contributed by atoms with van der Waals surface area (Å²) in [5, 5.41) is 2.09. The summed E-state index contributed by atoms with van der Waals surface area (Å²) in [5.41, 5.74) is -0.943. The topological polar surface area (TPSA) is 84.9 Å². The van der Waals surface area contributed by atoms with Crippen LogP contribution in [0.5, 0.6) is 11.5 Å². The highest BCUT2D eigenvalue weighted by molar-refractivity contribution is 7.92. The van der Waals surface area contributed by atoms with Crippen LogP contribution in [0.25, 0.3) is 0 Å². The molecule has 1 amide bonds. The molecule has 2 aromatic rings. The van der Waals surface area contributed by atoms with E-state index < -0.39 is 39.1 Å². The molecule has 28 heavy (non-hydrogen) atoms. The third-order valence-corrected chi connectivity index (χ3v) is 5.06. The maximum atomic E-state index is 13.9. The van der Waals surface area contributed by atoms with E-state index in [0.29, 0.717) is 6.07 Å². The summed E-state index contributed by atoms with van der Waals surface area (Å²) in [5.74, 6) is -5.49. The molecule has 0 fully saturated rings. The van der Waals surface area contributed by atoms with Crippen LogP contribution in [0.15, 0.2) is 24.3 Å². The fraction of sp³-hybridized carbons (Fsp3) is 0.235. The Kier molecular flexibility index (Phi) is 6.07. The number of nitrogens with one attached hydrogen (secondary N) is 1. The molecule has 7 nitrogen and oxygen atoms in total. The summed E-state index contributed by atoms with van der Waals surface area (Å²) >= 11 is 0. The van der Waals surface area contributed by atoms with E-state index in [4.69, 9.17) is 9.47 Å². The maximum Gasteiger partial charge on any atom is 0.258 e. The molecule has 0 heterocycles. The second-order valence-corrected chi connectivity index (χ2v) is 7.65. The van der Waals surface area contributed by atoms with Gasteiger partial charge in [0.2, 0.25) is 10.0 Å². The number of sulfonamides is 1.